The first-order valence-electron chi connectivity index (χ1n) is 8.02. The lowest BCUT2D eigenvalue weighted by Gasteiger charge is -2.46. The van der Waals surface area contributed by atoms with E-state index in [0.717, 1.165) is 36.5 Å². The average molecular weight is 236 g/mol. The molecule has 3 aliphatic rings. The number of hydrogen-bond donors (Lipinski definition) is 1. The second-order valence-electron chi connectivity index (χ2n) is 6.88. The summed E-state index contributed by atoms with van der Waals surface area (Å²) in [6.07, 6.45) is 15.4. The summed E-state index contributed by atoms with van der Waals surface area (Å²) in [5.74, 6) is 3.93. The molecule has 1 nitrogen and oxygen atoms in total. The average Bonchev–Trinajstić information content (AvgIpc) is 2.39. The number of aliphatic hydroxyl groups excluding tert-OH is 1. The minimum atomic E-state index is 0.0290. The Morgan fingerprint density at radius 1 is 0.588 bits per heavy atom. The molecule has 4 atom stereocenters. The normalized spacial score (nSPS) is 44.3. The van der Waals surface area contributed by atoms with Crippen LogP contribution in [0.5, 0.6) is 0 Å². The van der Waals surface area contributed by atoms with E-state index in [9.17, 15) is 5.11 Å². The molecule has 3 saturated carbocycles. The van der Waals surface area contributed by atoms with Gasteiger partial charge in [-0.2, -0.15) is 0 Å². The van der Waals surface area contributed by atoms with Gasteiger partial charge in [0, 0.05) is 0 Å². The van der Waals surface area contributed by atoms with Crippen LogP contribution in [0.4, 0.5) is 0 Å². The van der Waals surface area contributed by atoms with E-state index in [1.54, 1.807) is 0 Å². The Bertz CT molecular complexity index is 244. The van der Waals surface area contributed by atoms with Gasteiger partial charge in [-0.1, -0.05) is 44.9 Å². The van der Waals surface area contributed by atoms with Crippen molar-refractivity contribution in [1.29, 1.82) is 0 Å². The van der Waals surface area contributed by atoms with Crippen LogP contribution in [0.2, 0.25) is 0 Å². The predicted molar refractivity (Wildman–Crippen MR) is 70.8 cm³/mol. The van der Waals surface area contributed by atoms with Crippen molar-refractivity contribution in [2.24, 2.45) is 23.7 Å². The molecule has 0 aromatic rings. The third kappa shape index (κ3) is 2.54. The molecular weight excluding hydrogens is 208 g/mol. The van der Waals surface area contributed by atoms with E-state index in [1.165, 1.54) is 57.8 Å². The Morgan fingerprint density at radius 3 is 2.12 bits per heavy atom. The lowest BCUT2D eigenvalue weighted by atomic mass is 9.60. The standard InChI is InChI=1S/C16H28O/c17-14-9-10-16-13(11-14)7-4-8-15(16)12-5-2-1-3-6-12/h12-17H,1-11H2. The maximum Gasteiger partial charge on any atom is 0.0543 e. The van der Waals surface area contributed by atoms with Gasteiger partial charge in [-0.15, -0.1) is 0 Å². The molecule has 98 valence electrons. The lowest BCUT2D eigenvalue weighted by molar-refractivity contribution is -0.00278. The smallest absolute Gasteiger partial charge is 0.0543 e. The van der Waals surface area contributed by atoms with E-state index < -0.39 is 0 Å². The summed E-state index contributed by atoms with van der Waals surface area (Å²) < 4.78 is 0. The van der Waals surface area contributed by atoms with Crippen molar-refractivity contribution < 1.29 is 5.11 Å². The van der Waals surface area contributed by atoms with Crippen LogP contribution >= 0.6 is 0 Å². The molecule has 1 heteroatoms. The first-order chi connectivity index (χ1) is 8.34. The molecule has 17 heavy (non-hydrogen) atoms. The quantitative estimate of drug-likeness (QED) is 0.725. The highest BCUT2D eigenvalue weighted by Gasteiger charge is 2.40. The van der Waals surface area contributed by atoms with Crippen molar-refractivity contribution in [3.05, 3.63) is 0 Å². The van der Waals surface area contributed by atoms with Crippen molar-refractivity contribution in [3.63, 3.8) is 0 Å². The summed E-state index contributed by atoms with van der Waals surface area (Å²) in [7, 11) is 0. The summed E-state index contributed by atoms with van der Waals surface area (Å²) >= 11 is 0. The molecular formula is C16H28O. The van der Waals surface area contributed by atoms with E-state index in [0.29, 0.717) is 0 Å². The maximum absolute atomic E-state index is 9.84. The highest BCUT2D eigenvalue weighted by atomic mass is 16.3. The van der Waals surface area contributed by atoms with Gasteiger partial charge in [0.25, 0.3) is 0 Å². The van der Waals surface area contributed by atoms with E-state index in [4.69, 9.17) is 0 Å². The fourth-order valence-corrected chi connectivity index (χ4v) is 5.14. The van der Waals surface area contributed by atoms with Crippen LogP contribution in [-0.4, -0.2) is 11.2 Å². The van der Waals surface area contributed by atoms with Crippen LogP contribution < -0.4 is 0 Å². The van der Waals surface area contributed by atoms with Crippen molar-refractivity contribution in [2.45, 2.75) is 76.7 Å². The van der Waals surface area contributed by atoms with Crippen molar-refractivity contribution >= 4 is 0 Å². The number of rotatable bonds is 1. The van der Waals surface area contributed by atoms with Crippen molar-refractivity contribution in [1.82, 2.24) is 0 Å². The Kier molecular flexibility index (Phi) is 3.75. The topological polar surface area (TPSA) is 20.2 Å². The van der Waals surface area contributed by atoms with Crippen LogP contribution in [-0.2, 0) is 0 Å². The first kappa shape index (κ1) is 12.0. The molecule has 0 saturated heterocycles. The van der Waals surface area contributed by atoms with E-state index in [-0.39, 0.29) is 6.10 Å². The summed E-state index contributed by atoms with van der Waals surface area (Å²) in [4.78, 5) is 0. The molecule has 3 rings (SSSR count). The van der Waals surface area contributed by atoms with Crippen LogP contribution in [0, 0.1) is 23.7 Å². The summed E-state index contributed by atoms with van der Waals surface area (Å²) in [6.45, 7) is 0. The van der Waals surface area contributed by atoms with E-state index in [2.05, 4.69) is 0 Å². The van der Waals surface area contributed by atoms with Gasteiger partial charge in [0.15, 0.2) is 0 Å². The summed E-state index contributed by atoms with van der Waals surface area (Å²) in [5, 5.41) is 9.84. The monoisotopic (exact) mass is 236 g/mol. The minimum Gasteiger partial charge on any atom is -0.393 e. The zero-order valence-corrected chi connectivity index (χ0v) is 11.1. The molecule has 0 aromatic carbocycles. The van der Waals surface area contributed by atoms with E-state index >= 15 is 0 Å². The first-order valence-corrected chi connectivity index (χ1v) is 8.02. The molecule has 0 spiro atoms. The van der Waals surface area contributed by atoms with Crippen LogP contribution in [0.15, 0.2) is 0 Å². The molecule has 0 amide bonds. The van der Waals surface area contributed by atoms with Gasteiger partial charge in [-0.3, -0.25) is 0 Å². The second kappa shape index (κ2) is 5.30. The predicted octanol–water partition coefficient (Wildman–Crippen LogP) is 4.14. The largest absolute Gasteiger partial charge is 0.393 e. The number of aliphatic hydroxyl groups is 1. The fourth-order valence-electron chi connectivity index (χ4n) is 5.14. The van der Waals surface area contributed by atoms with Gasteiger partial charge >= 0.3 is 0 Å². The lowest BCUT2D eigenvalue weighted by Crippen LogP contribution is -2.39. The molecule has 0 heterocycles. The van der Waals surface area contributed by atoms with Gasteiger partial charge in [-0.05, 0) is 49.4 Å². The molecule has 0 aromatic heterocycles. The van der Waals surface area contributed by atoms with E-state index in [1.807, 2.05) is 0 Å². The third-order valence-corrected chi connectivity index (χ3v) is 5.93. The molecule has 4 unspecified atom stereocenters. The third-order valence-electron chi connectivity index (χ3n) is 5.93. The highest BCUT2D eigenvalue weighted by molar-refractivity contribution is 4.91. The summed E-state index contributed by atoms with van der Waals surface area (Å²) in [6, 6.07) is 0. The highest BCUT2D eigenvalue weighted by Crippen LogP contribution is 2.49. The van der Waals surface area contributed by atoms with Gasteiger partial charge < -0.3 is 5.11 Å². The molecule has 0 aliphatic heterocycles. The Hall–Kier alpha value is -0.0400. The Morgan fingerprint density at radius 2 is 1.29 bits per heavy atom. The Balaban J connectivity index is 1.66. The molecule has 3 fully saturated rings. The van der Waals surface area contributed by atoms with Gasteiger partial charge in [0.1, 0.15) is 0 Å². The van der Waals surface area contributed by atoms with Gasteiger partial charge in [0.2, 0.25) is 0 Å². The van der Waals surface area contributed by atoms with Gasteiger partial charge in [-0.25, -0.2) is 0 Å². The minimum absolute atomic E-state index is 0.0290. The summed E-state index contributed by atoms with van der Waals surface area (Å²) in [5.41, 5.74) is 0. The zero-order chi connectivity index (χ0) is 11.7. The van der Waals surface area contributed by atoms with Crippen molar-refractivity contribution in [2.75, 3.05) is 0 Å². The van der Waals surface area contributed by atoms with Gasteiger partial charge in [0.05, 0.1) is 6.10 Å². The molecule has 3 aliphatic carbocycles. The van der Waals surface area contributed by atoms with Crippen LogP contribution in [0.25, 0.3) is 0 Å². The fraction of sp³-hybridized carbons (Fsp3) is 1.00. The maximum atomic E-state index is 9.84. The SMILES string of the molecule is OC1CCC2C(CCCC2C2CCCCC2)C1. The number of hydrogen-bond acceptors (Lipinski definition) is 1. The van der Waals surface area contributed by atoms with Crippen LogP contribution in [0.3, 0.4) is 0 Å². The van der Waals surface area contributed by atoms with Crippen molar-refractivity contribution in [3.8, 4) is 0 Å². The van der Waals surface area contributed by atoms with Crippen LogP contribution in [0.1, 0.15) is 70.6 Å². The Labute approximate surface area is 106 Å². The zero-order valence-electron chi connectivity index (χ0n) is 11.1. The molecule has 0 radical (unpaired) electrons. The second-order valence-corrected chi connectivity index (χ2v) is 6.88. The molecule has 0 bridgehead atoms. The number of fused-ring (bicyclic) bond motifs is 1. The molecule has 1 N–H and O–H groups in total.